The Labute approximate surface area is 107 Å². The van der Waals surface area contributed by atoms with Gasteiger partial charge in [-0.15, -0.1) is 0 Å². The smallest absolute Gasteiger partial charge is 0.0109 e. The van der Waals surface area contributed by atoms with Gasteiger partial charge in [-0.25, -0.2) is 0 Å². The number of rotatable bonds is 8. The van der Waals surface area contributed by atoms with E-state index >= 15 is 0 Å². The molecule has 2 unspecified atom stereocenters. The highest BCUT2D eigenvalue weighted by molar-refractivity contribution is 4.80. The van der Waals surface area contributed by atoms with Gasteiger partial charge < -0.3 is 15.5 Å². The fraction of sp³-hybridized carbons (Fsp3) is 1.00. The van der Waals surface area contributed by atoms with E-state index < -0.39 is 0 Å². The summed E-state index contributed by atoms with van der Waals surface area (Å²) in [5.74, 6) is 1.64. The van der Waals surface area contributed by atoms with Gasteiger partial charge in [0.2, 0.25) is 0 Å². The van der Waals surface area contributed by atoms with E-state index in [9.17, 15) is 0 Å². The van der Waals surface area contributed by atoms with Crippen LogP contribution >= 0.6 is 0 Å². The van der Waals surface area contributed by atoms with Gasteiger partial charge in [-0.1, -0.05) is 13.3 Å². The average molecular weight is 241 g/mol. The van der Waals surface area contributed by atoms with Crippen molar-refractivity contribution in [3.63, 3.8) is 0 Å². The molecule has 1 aliphatic carbocycles. The SMILES string of the molecule is CCCN(CCN(C)C)CC1CCCC1CN. The van der Waals surface area contributed by atoms with Crippen molar-refractivity contribution in [2.75, 3.05) is 46.8 Å². The highest BCUT2D eigenvalue weighted by atomic mass is 15.2. The van der Waals surface area contributed by atoms with Crippen LogP contribution in [0.5, 0.6) is 0 Å². The van der Waals surface area contributed by atoms with Gasteiger partial charge in [0.15, 0.2) is 0 Å². The molecule has 102 valence electrons. The summed E-state index contributed by atoms with van der Waals surface area (Å²) in [6.07, 6.45) is 5.40. The van der Waals surface area contributed by atoms with Crippen LogP contribution in [0.15, 0.2) is 0 Å². The van der Waals surface area contributed by atoms with Crippen molar-refractivity contribution in [3.05, 3.63) is 0 Å². The fourth-order valence-electron chi connectivity index (χ4n) is 2.95. The zero-order valence-electron chi connectivity index (χ0n) is 12.0. The summed E-state index contributed by atoms with van der Waals surface area (Å²) in [6.45, 7) is 8.04. The first-order chi connectivity index (χ1) is 8.17. The zero-order valence-corrected chi connectivity index (χ0v) is 12.0. The topological polar surface area (TPSA) is 32.5 Å². The Bertz CT molecular complexity index is 194. The van der Waals surface area contributed by atoms with Crippen molar-refractivity contribution in [2.45, 2.75) is 32.6 Å². The van der Waals surface area contributed by atoms with Gasteiger partial charge in [-0.2, -0.15) is 0 Å². The van der Waals surface area contributed by atoms with Crippen LogP contribution in [0, 0.1) is 11.8 Å². The average Bonchev–Trinajstić information content (AvgIpc) is 2.73. The Morgan fingerprint density at radius 3 is 2.35 bits per heavy atom. The molecular formula is C14H31N3. The van der Waals surface area contributed by atoms with Crippen molar-refractivity contribution in [1.29, 1.82) is 0 Å². The lowest BCUT2D eigenvalue weighted by Gasteiger charge is -2.29. The summed E-state index contributed by atoms with van der Waals surface area (Å²) in [5, 5.41) is 0. The Morgan fingerprint density at radius 2 is 1.76 bits per heavy atom. The maximum Gasteiger partial charge on any atom is 0.0109 e. The van der Waals surface area contributed by atoms with E-state index in [0.717, 1.165) is 18.4 Å². The second kappa shape index (κ2) is 8.06. The van der Waals surface area contributed by atoms with Gasteiger partial charge in [0.25, 0.3) is 0 Å². The lowest BCUT2D eigenvalue weighted by Crippen LogP contribution is -2.37. The van der Waals surface area contributed by atoms with Gasteiger partial charge in [0.1, 0.15) is 0 Å². The molecule has 1 fully saturated rings. The summed E-state index contributed by atoms with van der Waals surface area (Å²) in [6, 6.07) is 0. The third-order valence-electron chi connectivity index (χ3n) is 4.02. The molecule has 1 saturated carbocycles. The minimum absolute atomic E-state index is 0.786. The van der Waals surface area contributed by atoms with E-state index in [1.807, 2.05) is 0 Å². The molecule has 0 aliphatic heterocycles. The molecule has 0 bridgehead atoms. The molecule has 0 saturated heterocycles. The van der Waals surface area contributed by atoms with E-state index in [0.29, 0.717) is 0 Å². The van der Waals surface area contributed by atoms with Crippen LogP contribution in [-0.2, 0) is 0 Å². The van der Waals surface area contributed by atoms with E-state index in [1.165, 1.54) is 51.9 Å². The number of nitrogens with two attached hydrogens (primary N) is 1. The molecule has 2 N–H and O–H groups in total. The highest BCUT2D eigenvalue weighted by Gasteiger charge is 2.27. The highest BCUT2D eigenvalue weighted by Crippen LogP contribution is 2.31. The Balaban J connectivity index is 2.36. The predicted octanol–water partition coefficient (Wildman–Crippen LogP) is 1.64. The largest absolute Gasteiger partial charge is 0.330 e. The van der Waals surface area contributed by atoms with E-state index in [-0.39, 0.29) is 0 Å². The summed E-state index contributed by atoms with van der Waals surface area (Å²) in [5.41, 5.74) is 5.87. The molecular weight excluding hydrogens is 210 g/mol. The summed E-state index contributed by atoms with van der Waals surface area (Å²) >= 11 is 0. The maximum atomic E-state index is 5.87. The van der Waals surface area contributed by atoms with Gasteiger partial charge >= 0.3 is 0 Å². The minimum Gasteiger partial charge on any atom is -0.330 e. The number of hydrogen-bond donors (Lipinski definition) is 1. The number of likely N-dealkylation sites (N-methyl/N-ethyl adjacent to an activating group) is 1. The molecule has 0 aromatic rings. The van der Waals surface area contributed by atoms with Crippen molar-refractivity contribution < 1.29 is 0 Å². The van der Waals surface area contributed by atoms with E-state index in [1.54, 1.807) is 0 Å². The van der Waals surface area contributed by atoms with Crippen LogP contribution < -0.4 is 5.73 Å². The van der Waals surface area contributed by atoms with Gasteiger partial charge in [-0.3, -0.25) is 0 Å². The first-order valence-corrected chi connectivity index (χ1v) is 7.24. The van der Waals surface area contributed by atoms with E-state index in [4.69, 9.17) is 5.73 Å². The van der Waals surface area contributed by atoms with Crippen LogP contribution in [0.1, 0.15) is 32.6 Å². The van der Waals surface area contributed by atoms with Crippen LogP contribution in [-0.4, -0.2) is 56.6 Å². The quantitative estimate of drug-likeness (QED) is 0.701. The Kier molecular flexibility index (Phi) is 7.09. The molecule has 1 aliphatic rings. The summed E-state index contributed by atoms with van der Waals surface area (Å²) in [4.78, 5) is 4.91. The van der Waals surface area contributed by atoms with Crippen molar-refractivity contribution >= 4 is 0 Å². The lowest BCUT2D eigenvalue weighted by atomic mass is 9.95. The van der Waals surface area contributed by atoms with Gasteiger partial charge in [-0.05, 0) is 58.3 Å². The molecule has 0 radical (unpaired) electrons. The molecule has 0 aromatic carbocycles. The maximum absolute atomic E-state index is 5.87. The van der Waals surface area contributed by atoms with Crippen LogP contribution in [0.3, 0.4) is 0 Å². The molecule has 0 heterocycles. The number of nitrogens with zero attached hydrogens (tertiary/aromatic N) is 2. The molecule has 1 rings (SSSR count). The molecule has 3 nitrogen and oxygen atoms in total. The molecule has 2 atom stereocenters. The minimum atomic E-state index is 0.786. The first-order valence-electron chi connectivity index (χ1n) is 7.24. The molecule has 17 heavy (non-hydrogen) atoms. The second-order valence-electron chi connectivity index (χ2n) is 5.79. The predicted molar refractivity (Wildman–Crippen MR) is 75.2 cm³/mol. The van der Waals surface area contributed by atoms with Crippen LogP contribution in [0.25, 0.3) is 0 Å². The summed E-state index contributed by atoms with van der Waals surface area (Å²) < 4.78 is 0. The van der Waals surface area contributed by atoms with Gasteiger partial charge in [0, 0.05) is 19.6 Å². The van der Waals surface area contributed by atoms with Crippen LogP contribution in [0.2, 0.25) is 0 Å². The van der Waals surface area contributed by atoms with Gasteiger partial charge in [0.05, 0.1) is 0 Å². The first kappa shape index (κ1) is 14.9. The third kappa shape index (κ3) is 5.36. The monoisotopic (exact) mass is 241 g/mol. The number of hydrogen-bond acceptors (Lipinski definition) is 3. The fourth-order valence-corrected chi connectivity index (χ4v) is 2.95. The zero-order chi connectivity index (χ0) is 12.7. The standard InChI is InChI=1S/C14H31N3/c1-4-8-17(10-9-16(2)3)12-14-7-5-6-13(14)11-15/h13-14H,4-12,15H2,1-3H3. The molecule has 0 amide bonds. The summed E-state index contributed by atoms with van der Waals surface area (Å²) in [7, 11) is 4.31. The molecule has 0 aromatic heterocycles. The van der Waals surface area contributed by atoms with Crippen molar-refractivity contribution in [3.8, 4) is 0 Å². The Hall–Kier alpha value is -0.120. The van der Waals surface area contributed by atoms with Crippen molar-refractivity contribution in [1.82, 2.24) is 9.80 Å². The Morgan fingerprint density at radius 1 is 1.06 bits per heavy atom. The van der Waals surface area contributed by atoms with Crippen molar-refractivity contribution in [2.24, 2.45) is 17.6 Å². The van der Waals surface area contributed by atoms with E-state index in [2.05, 4.69) is 30.8 Å². The normalized spacial score (nSPS) is 25.1. The second-order valence-corrected chi connectivity index (χ2v) is 5.79. The lowest BCUT2D eigenvalue weighted by molar-refractivity contribution is 0.190. The third-order valence-corrected chi connectivity index (χ3v) is 4.02. The van der Waals surface area contributed by atoms with Crippen LogP contribution in [0.4, 0.5) is 0 Å². The molecule has 3 heteroatoms. The molecule has 0 spiro atoms.